The van der Waals surface area contributed by atoms with Gasteiger partial charge in [-0.15, -0.1) is 0 Å². The first-order valence-corrected chi connectivity index (χ1v) is 14.7. The molecule has 2 atom stereocenters. The summed E-state index contributed by atoms with van der Waals surface area (Å²) in [5.41, 5.74) is 2.76. The van der Waals surface area contributed by atoms with E-state index in [1.165, 1.54) is 0 Å². The highest BCUT2D eigenvalue weighted by Crippen LogP contribution is 2.30. The van der Waals surface area contributed by atoms with Crippen molar-refractivity contribution in [3.8, 4) is 11.3 Å². The van der Waals surface area contributed by atoms with Gasteiger partial charge in [0, 0.05) is 62.2 Å². The van der Waals surface area contributed by atoms with Crippen LogP contribution in [0.15, 0.2) is 48.0 Å². The van der Waals surface area contributed by atoms with Crippen LogP contribution in [0, 0.1) is 0 Å². The molecule has 4 amide bonds. The molecule has 15 heteroatoms. The summed E-state index contributed by atoms with van der Waals surface area (Å²) in [5, 5.41) is 16.5. The SMILES string of the molecule is O=C(NCC(F)(F)F)Nc1cccc(-c2cnc3n2N=CC(c2cnn(C4CCN(C(=O)NCC5CCCO5)CC4)c2)C3)c1. The number of amides is 4. The van der Waals surface area contributed by atoms with E-state index >= 15 is 0 Å². The average Bonchev–Trinajstić information content (AvgIpc) is 3.80. The Morgan fingerprint density at radius 3 is 2.70 bits per heavy atom. The molecular weight excluding hydrogens is 579 g/mol. The van der Waals surface area contributed by atoms with Gasteiger partial charge in [-0.3, -0.25) is 4.68 Å². The second-order valence-corrected chi connectivity index (χ2v) is 11.2. The number of urea groups is 2. The second-order valence-electron chi connectivity index (χ2n) is 11.2. The van der Waals surface area contributed by atoms with E-state index < -0.39 is 18.8 Å². The average molecular weight is 614 g/mol. The topological polar surface area (TPSA) is 131 Å². The fourth-order valence-electron chi connectivity index (χ4n) is 5.76. The molecule has 3 aromatic rings. The van der Waals surface area contributed by atoms with Gasteiger partial charge >= 0.3 is 18.2 Å². The van der Waals surface area contributed by atoms with E-state index in [4.69, 9.17) is 4.74 Å². The number of alkyl halides is 3. The largest absolute Gasteiger partial charge is 0.405 e. The van der Waals surface area contributed by atoms with Crippen LogP contribution in [0.3, 0.4) is 0 Å². The van der Waals surface area contributed by atoms with Crippen molar-refractivity contribution in [2.75, 3.05) is 38.1 Å². The number of anilines is 1. The number of likely N-dealkylation sites (tertiary alicyclic amines) is 1. The minimum atomic E-state index is -4.49. The minimum absolute atomic E-state index is 0.0134. The highest BCUT2D eigenvalue weighted by atomic mass is 19.4. The van der Waals surface area contributed by atoms with Gasteiger partial charge in [-0.1, -0.05) is 12.1 Å². The van der Waals surface area contributed by atoms with Gasteiger partial charge < -0.3 is 25.6 Å². The Labute approximate surface area is 251 Å². The molecule has 44 heavy (non-hydrogen) atoms. The predicted octanol–water partition coefficient (Wildman–Crippen LogP) is 4.13. The van der Waals surface area contributed by atoms with E-state index in [9.17, 15) is 22.8 Å². The molecule has 2 fully saturated rings. The first-order chi connectivity index (χ1) is 21.2. The summed E-state index contributed by atoms with van der Waals surface area (Å²) in [6.07, 6.45) is 7.36. The van der Waals surface area contributed by atoms with Crippen LogP contribution in [0.1, 0.15) is 49.0 Å². The van der Waals surface area contributed by atoms with Crippen molar-refractivity contribution in [3.63, 3.8) is 0 Å². The highest BCUT2D eigenvalue weighted by molar-refractivity contribution is 5.90. The summed E-state index contributed by atoms with van der Waals surface area (Å²) >= 11 is 0. The Kier molecular flexibility index (Phi) is 8.55. The Morgan fingerprint density at radius 2 is 1.93 bits per heavy atom. The fraction of sp³-hybridized carbons (Fsp3) is 0.483. The number of aromatic nitrogens is 4. The first kappa shape index (κ1) is 29.7. The van der Waals surface area contributed by atoms with E-state index in [0.717, 1.165) is 43.7 Å². The van der Waals surface area contributed by atoms with Crippen molar-refractivity contribution in [2.45, 2.75) is 56.3 Å². The lowest BCUT2D eigenvalue weighted by molar-refractivity contribution is -0.122. The van der Waals surface area contributed by atoms with Crippen molar-refractivity contribution in [3.05, 3.63) is 54.2 Å². The third-order valence-corrected chi connectivity index (χ3v) is 8.12. The molecule has 0 spiro atoms. The van der Waals surface area contributed by atoms with Crippen LogP contribution in [-0.2, 0) is 11.2 Å². The number of nitrogens with zero attached hydrogens (tertiary/aromatic N) is 6. The molecule has 2 aromatic heterocycles. The Bertz CT molecular complexity index is 1500. The maximum absolute atomic E-state index is 12.6. The summed E-state index contributed by atoms with van der Waals surface area (Å²) in [7, 11) is 0. The number of nitrogens with one attached hydrogen (secondary N) is 3. The van der Waals surface area contributed by atoms with Crippen LogP contribution in [0.4, 0.5) is 28.4 Å². The molecule has 6 rings (SSSR count). The first-order valence-electron chi connectivity index (χ1n) is 14.7. The number of ether oxygens (including phenoxy) is 1. The molecule has 0 saturated carbocycles. The van der Waals surface area contributed by atoms with Crippen molar-refractivity contribution >= 4 is 24.0 Å². The number of fused-ring (bicyclic) bond motifs is 1. The minimum Gasteiger partial charge on any atom is -0.376 e. The van der Waals surface area contributed by atoms with E-state index in [1.54, 1.807) is 34.4 Å². The lowest BCUT2D eigenvalue weighted by Crippen LogP contribution is -2.46. The molecule has 0 bridgehead atoms. The molecule has 0 radical (unpaired) electrons. The zero-order valence-electron chi connectivity index (χ0n) is 24.0. The van der Waals surface area contributed by atoms with Crippen LogP contribution in [0.25, 0.3) is 11.3 Å². The zero-order chi connectivity index (χ0) is 30.7. The van der Waals surface area contributed by atoms with Crippen molar-refractivity contribution in [1.82, 2.24) is 35.0 Å². The molecule has 3 aliphatic heterocycles. The Balaban J connectivity index is 1.03. The van der Waals surface area contributed by atoms with Crippen molar-refractivity contribution in [1.29, 1.82) is 0 Å². The summed E-state index contributed by atoms with van der Waals surface area (Å²) in [5.74, 6) is 0.740. The maximum Gasteiger partial charge on any atom is 0.405 e. The number of hydrogen-bond donors (Lipinski definition) is 3. The Morgan fingerprint density at radius 1 is 1.09 bits per heavy atom. The second kappa shape index (κ2) is 12.7. The van der Waals surface area contributed by atoms with E-state index in [1.807, 2.05) is 34.3 Å². The van der Waals surface area contributed by atoms with E-state index in [0.29, 0.717) is 43.0 Å². The van der Waals surface area contributed by atoms with Gasteiger partial charge in [-0.2, -0.15) is 23.4 Å². The van der Waals surface area contributed by atoms with Gasteiger partial charge in [0.2, 0.25) is 0 Å². The number of hydrogen-bond acceptors (Lipinski definition) is 6. The van der Waals surface area contributed by atoms with Gasteiger partial charge in [-0.25, -0.2) is 19.2 Å². The molecule has 1 aromatic carbocycles. The van der Waals surface area contributed by atoms with Gasteiger partial charge in [0.25, 0.3) is 0 Å². The van der Waals surface area contributed by atoms with Gasteiger partial charge in [0.05, 0.1) is 30.2 Å². The van der Waals surface area contributed by atoms with Crippen LogP contribution < -0.4 is 16.0 Å². The smallest absolute Gasteiger partial charge is 0.376 e. The van der Waals surface area contributed by atoms with Crippen molar-refractivity contribution in [2.24, 2.45) is 5.10 Å². The Hall–Kier alpha value is -4.40. The number of piperidine rings is 1. The quantitative estimate of drug-likeness (QED) is 0.369. The van der Waals surface area contributed by atoms with Crippen LogP contribution >= 0.6 is 0 Å². The number of carbonyl (C=O) groups is 2. The van der Waals surface area contributed by atoms with E-state index in [2.05, 4.69) is 25.8 Å². The van der Waals surface area contributed by atoms with Crippen molar-refractivity contribution < 1.29 is 27.5 Å². The molecule has 2 saturated heterocycles. The molecule has 3 aliphatic rings. The normalized spacial score (nSPS) is 20.4. The van der Waals surface area contributed by atoms with Crippen LogP contribution in [0.2, 0.25) is 0 Å². The summed E-state index contributed by atoms with van der Waals surface area (Å²) < 4.78 is 46.5. The monoisotopic (exact) mass is 613 g/mol. The summed E-state index contributed by atoms with van der Waals surface area (Å²) in [4.78, 5) is 30.9. The predicted molar refractivity (Wildman–Crippen MR) is 156 cm³/mol. The van der Waals surface area contributed by atoms with Gasteiger partial charge in [0.1, 0.15) is 12.4 Å². The lowest BCUT2D eigenvalue weighted by Gasteiger charge is -2.32. The molecule has 234 valence electrons. The number of benzene rings is 1. The molecule has 2 unspecified atom stereocenters. The number of halogens is 3. The van der Waals surface area contributed by atoms with Gasteiger partial charge in [0.15, 0.2) is 0 Å². The maximum atomic E-state index is 12.6. The molecule has 3 N–H and O–H groups in total. The highest BCUT2D eigenvalue weighted by Gasteiger charge is 2.29. The number of imidazole rings is 1. The molecule has 5 heterocycles. The number of carbonyl (C=O) groups excluding carboxylic acids is 2. The third-order valence-electron chi connectivity index (χ3n) is 8.12. The molecule has 12 nitrogen and oxygen atoms in total. The van der Waals surface area contributed by atoms with Crippen LogP contribution in [0.5, 0.6) is 0 Å². The standard InChI is InChI=1S/C29H34F3N9O3/c30-29(31,32)18-35-27(42)38-22-4-1-3-19(11-22)25-16-33-26-12-20(13-37-41(25)26)21-14-36-40(17-21)23-6-8-39(9-7-23)28(43)34-15-24-5-2-10-44-24/h1,3-4,11,13-14,16-17,20,23-24H,2,5-10,12,15,18H2,(H,34,43)(H2,35,38,42). The molecular formula is C29H34F3N9O3. The fourth-order valence-corrected chi connectivity index (χ4v) is 5.76. The summed E-state index contributed by atoms with van der Waals surface area (Å²) in [6, 6.07) is 5.97. The van der Waals surface area contributed by atoms with Gasteiger partial charge in [-0.05, 0) is 43.4 Å². The zero-order valence-corrected chi connectivity index (χ0v) is 24.0. The molecule has 0 aliphatic carbocycles. The lowest BCUT2D eigenvalue weighted by atomic mass is 9.99. The van der Waals surface area contributed by atoms with Crippen LogP contribution in [-0.4, -0.2) is 87.7 Å². The number of rotatable bonds is 7. The third kappa shape index (κ3) is 7.04. The summed E-state index contributed by atoms with van der Waals surface area (Å²) in [6.45, 7) is 1.23. The van der Waals surface area contributed by atoms with E-state index in [-0.39, 0.29) is 24.1 Å².